The number of aliphatic hydroxyl groups is 1. The molecule has 0 bridgehead atoms. The Balaban J connectivity index is 5.23. The molecule has 3 unspecified atom stereocenters. The van der Waals surface area contributed by atoms with E-state index in [-0.39, 0.29) is 25.7 Å². The van der Waals surface area contributed by atoms with Crippen LogP contribution in [0.25, 0.3) is 0 Å². The fraction of sp³-hybridized carbons (Fsp3) is 0.940. The van der Waals surface area contributed by atoms with Crippen molar-refractivity contribution < 1.29 is 80.2 Å². The van der Waals surface area contributed by atoms with Gasteiger partial charge in [0.2, 0.25) is 0 Å². The van der Waals surface area contributed by atoms with Gasteiger partial charge in [0.1, 0.15) is 19.3 Å². The number of hydrogen-bond donors (Lipinski definition) is 3. The number of aliphatic hydroxyl groups excluding tert-OH is 1. The highest BCUT2D eigenvalue weighted by Crippen LogP contribution is 2.45. The van der Waals surface area contributed by atoms with Gasteiger partial charge in [-0.3, -0.25) is 37.3 Å². The second-order valence-corrected chi connectivity index (χ2v) is 27.4. The van der Waals surface area contributed by atoms with Crippen molar-refractivity contribution in [3.8, 4) is 0 Å². The van der Waals surface area contributed by atoms with Crippen molar-refractivity contribution in [3.05, 3.63) is 0 Å². The quantitative estimate of drug-likeness (QED) is 0.0222. The predicted octanol–water partition coefficient (Wildman–Crippen LogP) is 19.0. The molecule has 0 saturated heterocycles. The van der Waals surface area contributed by atoms with Crippen molar-refractivity contribution in [1.29, 1.82) is 0 Å². The summed E-state index contributed by atoms with van der Waals surface area (Å²) in [5.41, 5.74) is 0. The zero-order valence-corrected chi connectivity index (χ0v) is 57.2. The molecule has 0 spiro atoms. The number of esters is 4. The number of carbonyl (C=O) groups excluding carboxylic acids is 4. The van der Waals surface area contributed by atoms with Crippen molar-refractivity contribution >= 4 is 39.5 Å². The second-order valence-electron chi connectivity index (χ2n) is 24.5. The van der Waals surface area contributed by atoms with Crippen LogP contribution in [0.15, 0.2) is 0 Å². The Bertz CT molecular complexity index is 1670. The molecule has 86 heavy (non-hydrogen) atoms. The molecule has 0 radical (unpaired) electrons. The molecular formula is C67H130O17P2. The highest BCUT2D eigenvalue weighted by atomic mass is 31.2. The molecule has 0 aromatic rings. The monoisotopic (exact) mass is 1270 g/mol. The van der Waals surface area contributed by atoms with Gasteiger partial charge >= 0.3 is 39.5 Å². The first-order valence-corrected chi connectivity index (χ1v) is 38.2. The average molecular weight is 1270 g/mol. The van der Waals surface area contributed by atoms with Gasteiger partial charge < -0.3 is 33.8 Å². The van der Waals surface area contributed by atoms with Crippen molar-refractivity contribution in [1.82, 2.24) is 0 Å². The first-order chi connectivity index (χ1) is 41.6. The average Bonchev–Trinajstić information content (AvgIpc) is 3.60. The number of phosphoric ester groups is 2. The van der Waals surface area contributed by atoms with Crippen LogP contribution in [-0.2, 0) is 65.4 Å². The maximum Gasteiger partial charge on any atom is 0.472 e. The van der Waals surface area contributed by atoms with Gasteiger partial charge in [0, 0.05) is 25.7 Å². The summed E-state index contributed by atoms with van der Waals surface area (Å²) in [6.07, 6.45) is 45.8. The van der Waals surface area contributed by atoms with Crippen LogP contribution in [0.1, 0.15) is 343 Å². The number of unbranched alkanes of at least 4 members (excludes halogenated alkanes) is 38. The topological polar surface area (TPSA) is 237 Å². The number of rotatable bonds is 67. The van der Waals surface area contributed by atoms with Crippen LogP contribution >= 0.6 is 15.6 Å². The van der Waals surface area contributed by atoms with Crippen LogP contribution in [0.5, 0.6) is 0 Å². The minimum absolute atomic E-state index is 0.103. The third-order valence-corrected chi connectivity index (χ3v) is 17.8. The molecule has 0 aromatic heterocycles. The molecule has 3 N–H and O–H groups in total. The number of carbonyl (C=O) groups is 4. The summed E-state index contributed by atoms with van der Waals surface area (Å²) in [5, 5.41) is 10.6. The normalized spacial score (nSPS) is 14.5. The Labute approximate surface area is 524 Å². The molecule has 0 saturated carbocycles. The molecule has 0 heterocycles. The SMILES string of the molecule is CCCCCCCCCCCCCCCCCC(=O)O[C@H](COC(=O)CCCCCCCCCCCCCC)COP(=O)(O)OC[C@@H](O)COP(=O)(O)OC[C@@H](COC(=O)CCCCCCCCCCC)OC(=O)CCCCCCCCC(C)CC. The Morgan fingerprint density at radius 1 is 0.326 bits per heavy atom. The summed E-state index contributed by atoms with van der Waals surface area (Å²) in [6.45, 7) is 7.16. The molecule has 0 aliphatic carbocycles. The van der Waals surface area contributed by atoms with E-state index >= 15 is 0 Å². The lowest BCUT2D eigenvalue weighted by Crippen LogP contribution is -2.30. The van der Waals surface area contributed by atoms with Crippen LogP contribution in [0.3, 0.4) is 0 Å². The van der Waals surface area contributed by atoms with Crippen LogP contribution < -0.4 is 0 Å². The fourth-order valence-electron chi connectivity index (χ4n) is 10.1. The van der Waals surface area contributed by atoms with Gasteiger partial charge in [0.05, 0.1) is 26.4 Å². The van der Waals surface area contributed by atoms with Crippen LogP contribution in [0.4, 0.5) is 0 Å². The summed E-state index contributed by atoms with van der Waals surface area (Å²) >= 11 is 0. The molecule has 6 atom stereocenters. The molecule has 17 nitrogen and oxygen atoms in total. The molecule has 0 aliphatic rings. The second kappa shape index (κ2) is 60.6. The van der Waals surface area contributed by atoms with Gasteiger partial charge in [0.15, 0.2) is 12.2 Å². The summed E-state index contributed by atoms with van der Waals surface area (Å²) in [4.78, 5) is 72.3. The van der Waals surface area contributed by atoms with E-state index < -0.39 is 97.5 Å². The van der Waals surface area contributed by atoms with E-state index in [0.29, 0.717) is 25.7 Å². The van der Waals surface area contributed by atoms with E-state index in [9.17, 15) is 43.2 Å². The first kappa shape index (κ1) is 84.1. The van der Waals surface area contributed by atoms with E-state index in [1.54, 1.807) is 0 Å². The molecule has 0 fully saturated rings. The molecule has 19 heteroatoms. The Hall–Kier alpha value is -1.94. The van der Waals surface area contributed by atoms with Gasteiger partial charge in [-0.25, -0.2) is 9.13 Å². The standard InChI is InChI=1S/C67H130O17P2/c1-6-10-13-16-19-22-24-26-27-28-30-33-36-42-47-52-66(71)83-62(56-78-65(70)51-46-41-35-32-29-25-23-20-17-14-11-7-2)58-81-85(73,74)79-54-61(68)55-80-86(75,76)82-59-63(57-77-64(69)50-45-40-34-31-21-18-15-12-8-3)84-67(72)53-48-43-38-37-39-44-49-60(5)9-4/h60-63,68H,6-59H2,1-5H3,(H,73,74)(H,75,76)/t60?,61-,62-,63-/m1/s1. The first-order valence-electron chi connectivity index (χ1n) is 35.2. The summed E-state index contributed by atoms with van der Waals surface area (Å²) in [6, 6.07) is 0. The van der Waals surface area contributed by atoms with Gasteiger partial charge in [-0.05, 0) is 31.6 Å². The maximum absolute atomic E-state index is 13.0. The van der Waals surface area contributed by atoms with Crippen molar-refractivity contribution in [2.24, 2.45) is 5.92 Å². The van der Waals surface area contributed by atoms with Crippen LogP contribution in [0, 0.1) is 5.92 Å². The van der Waals surface area contributed by atoms with Gasteiger partial charge in [-0.2, -0.15) is 0 Å². The van der Waals surface area contributed by atoms with Gasteiger partial charge in [-0.15, -0.1) is 0 Å². The minimum atomic E-state index is -4.95. The zero-order valence-electron chi connectivity index (χ0n) is 55.4. The number of hydrogen-bond acceptors (Lipinski definition) is 15. The molecule has 0 aliphatic heterocycles. The van der Waals surface area contributed by atoms with E-state index in [1.165, 1.54) is 167 Å². The lowest BCUT2D eigenvalue weighted by Gasteiger charge is -2.21. The molecule has 510 valence electrons. The summed E-state index contributed by atoms with van der Waals surface area (Å²) in [7, 11) is -9.89. The van der Waals surface area contributed by atoms with Crippen LogP contribution in [0.2, 0.25) is 0 Å². The predicted molar refractivity (Wildman–Crippen MR) is 345 cm³/mol. The summed E-state index contributed by atoms with van der Waals surface area (Å²) < 4.78 is 68.1. The third kappa shape index (κ3) is 59.7. The van der Waals surface area contributed by atoms with Gasteiger partial charge in [0.25, 0.3) is 0 Å². The van der Waals surface area contributed by atoms with Crippen LogP contribution in [-0.4, -0.2) is 96.7 Å². The maximum atomic E-state index is 13.0. The molecule has 0 amide bonds. The van der Waals surface area contributed by atoms with E-state index in [4.69, 9.17) is 37.0 Å². The molecule has 0 rings (SSSR count). The lowest BCUT2D eigenvalue weighted by molar-refractivity contribution is -0.161. The third-order valence-electron chi connectivity index (χ3n) is 15.9. The number of phosphoric acid groups is 2. The lowest BCUT2D eigenvalue weighted by atomic mass is 10.00. The van der Waals surface area contributed by atoms with Crippen molar-refractivity contribution in [2.75, 3.05) is 39.6 Å². The number of ether oxygens (including phenoxy) is 4. The zero-order chi connectivity index (χ0) is 63.5. The minimum Gasteiger partial charge on any atom is -0.462 e. The largest absolute Gasteiger partial charge is 0.472 e. The highest BCUT2D eigenvalue weighted by molar-refractivity contribution is 7.47. The Morgan fingerprint density at radius 3 is 0.826 bits per heavy atom. The van der Waals surface area contributed by atoms with Crippen molar-refractivity contribution in [2.45, 2.75) is 361 Å². The Morgan fingerprint density at radius 2 is 0.558 bits per heavy atom. The fourth-order valence-corrected chi connectivity index (χ4v) is 11.7. The van der Waals surface area contributed by atoms with E-state index in [2.05, 4.69) is 34.6 Å². The van der Waals surface area contributed by atoms with E-state index in [1.807, 2.05) is 0 Å². The molecular weight excluding hydrogens is 1140 g/mol. The Kier molecular flexibility index (Phi) is 59.2. The highest BCUT2D eigenvalue weighted by Gasteiger charge is 2.30. The smallest absolute Gasteiger partial charge is 0.462 e. The molecule has 0 aromatic carbocycles. The summed E-state index contributed by atoms with van der Waals surface area (Å²) in [5.74, 6) is -1.41. The van der Waals surface area contributed by atoms with Crippen molar-refractivity contribution in [3.63, 3.8) is 0 Å². The van der Waals surface area contributed by atoms with Gasteiger partial charge in [-0.1, -0.05) is 291 Å². The van der Waals surface area contributed by atoms with E-state index in [0.717, 1.165) is 95.8 Å².